The van der Waals surface area contributed by atoms with Gasteiger partial charge in [-0.25, -0.2) is 8.42 Å². The van der Waals surface area contributed by atoms with Gasteiger partial charge in [0.15, 0.2) is 0 Å². The van der Waals surface area contributed by atoms with Gasteiger partial charge in [-0.1, -0.05) is 6.92 Å². The zero-order valence-electron chi connectivity index (χ0n) is 12.7. The van der Waals surface area contributed by atoms with Crippen LogP contribution in [0.25, 0.3) is 0 Å². The second kappa shape index (κ2) is 7.24. The Morgan fingerprint density at radius 3 is 2.57 bits per heavy atom. The van der Waals surface area contributed by atoms with Crippen LogP contribution in [0, 0.1) is 0 Å². The highest BCUT2D eigenvalue weighted by atomic mass is 32.2. The van der Waals surface area contributed by atoms with Crippen LogP contribution in [0.4, 0.5) is 0 Å². The lowest BCUT2D eigenvalue weighted by atomic mass is 10.2. The molecule has 6 heteroatoms. The van der Waals surface area contributed by atoms with Gasteiger partial charge < -0.3 is 10.1 Å². The second-order valence-electron chi connectivity index (χ2n) is 5.33. The van der Waals surface area contributed by atoms with Crippen molar-refractivity contribution in [2.75, 3.05) is 26.7 Å². The smallest absolute Gasteiger partial charge is 0.243 e. The van der Waals surface area contributed by atoms with E-state index in [-0.39, 0.29) is 6.04 Å². The van der Waals surface area contributed by atoms with Crippen molar-refractivity contribution >= 4 is 10.0 Å². The third kappa shape index (κ3) is 3.96. The lowest BCUT2D eigenvalue weighted by Gasteiger charge is -2.25. The minimum Gasteiger partial charge on any atom is -0.497 e. The quantitative estimate of drug-likeness (QED) is 0.835. The molecule has 5 nitrogen and oxygen atoms in total. The Bertz CT molecular complexity index is 537. The molecule has 1 aliphatic rings. The number of hydrogen-bond acceptors (Lipinski definition) is 4. The van der Waals surface area contributed by atoms with Gasteiger partial charge in [0.25, 0.3) is 0 Å². The van der Waals surface area contributed by atoms with Crippen molar-refractivity contribution < 1.29 is 13.2 Å². The SMILES string of the molecule is CCCN(CC1CCCN1)S(=O)(=O)c1ccc(OC)cc1. The average molecular weight is 312 g/mol. The van der Waals surface area contributed by atoms with E-state index < -0.39 is 10.0 Å². The van der Waals surface area contributed by atoms with Gasteiger partial charge in [0, 0.05) is 19.1 Å². The van der Waals surface area contributed by atoms with Crippen LogP contribution in [-0.2, 0) is 10.0 Å². The zero-order chi connectivity index (χ0) is 15.3. The maximum Gasteiger partial charge on any atom is 0.243 e. The zero-order valence-corrected chi connectivity index (χ0v) is 13.5. The van der Waals surface area contributed by atoms with Crippen LogP contribution in [0.5, 0.6) is 5.75 Å². The Kier molecular flexibility index (Phi) is 5.61. The number of methoxy groups -OCH3 is 1. The molecule has 0 radical (unpaired) electrons. The molecule has 1 fully saturated rings. The van der Waals surface area contributed by atoms with Crippen molar-refractivity contribution in [3.05, 3.63) is 24.3 Å². The Labute approximate surface area is 127 Å². The van der Waals surface area contributed by atoms with Crippen molar-refractivity contribution in [1.29, 1.82) is 0 Å². The van der Waals surface area contributed by atoms with Crippen molar-refractivity contribution in [2.24, 2.45) is 0 Å². The van der Waals surface area contributed by atoms with Gasteiger partial charge in [0.1, 0.15) is 5.75 Å². The standard InChI is InChI=1S/C15H24N2O3S/c1-3-11-17(12-13-5-4-10-16-13)21(18,19)15-8-6-14(20-2)7-9-15/h6-9,13,16H,3-5,10-12H2,1-2H3. The van der Waals surface area contributed by atoms with E-state index in [0.717, 1.165) is 25.8 Å². The minimum absolute atomic E-state index is 0.268. The fourth-order valence-electron chi connectivity index (χ4n) is 2.61. The summed E-state index contributed by atoms with van der Waals surface area (Å²) in [4.78, 5) is 0.328. The van der Waals surface area contributed by atoms with E-state index in [1.807, 2.05) is 6.92 Å². The van der Waals surface area contributed by atoms with Crippen LogP contribution in [0.3, 0.4) is 0 Å². The van der Waals surface area contributed by atoms with E-state index in [0.29, 0.717) is 23.7 Å². The Hall–Kier alpha value is -1.11. The fraction of sp³-hybridized carbons (Fsp3) is 0.600. The molecule has 0 spiro atoms. The van der Waals surface area contributed by atoms with Crippen molar-refractivity contribution in [3.63, 3.8) is 0 Å². The molecule has 1 saturated heterocycles. The number of hydrogen-bond donors (Lipinski definition) is 1. The molecule has 21 heavy (non-hydrogen) atoms. The number of benzene rings is 1. The molecule has 0 saturated carbocycles. The molecule has 1 atom stereocenters. The first kappa shape index (κ1) is 16.3. The third-order valence-electron chi connectivity index (χ3n) is 3.76. The minimum atomic E-state index is -3.44. The van der Waals surface area contributed by atoms with Crippen LogP contribution in [0.15, 0.2) is 29.2 Å². The van der Waals surface area contributed by atoms with Crippen LogP contribution < -0.4 is 10.1 Å². The lowest BCUT2D eigenvalue weighted by Crippen LogP contribution is -2.41. The molecule has 0 amide bonds. The molecule has 118 valence electrons. The molecule has 1 aromatic rings. The van der Waals surface area contributed by atoms with Crippen molar-refractivity contribution in [1.82, 2.24) is 9.62 Å². The average Bonchev–Trinajstić information content (AvgIpc) is 3.00. The molecule has 1 unspecified atom stereocenters. The summed E-state index contributed by atoms with van der Waals surface area (Å²) < 4.78 is 32.2. The van der Waals surface area contributed by atoms with Crippen molar-refractivity contribution in [3.8, 4) is 5.75 Å². The van der Waals surface area contributed by atoms with Gasteiger partial charge in [0.05, 0.1) is 12.0 Å². The maximum atomic E-state index is 12.8. The number of ether oxygens (including phenoxy) is 1. The Morgan fingerprint density at radius 1 is 1.33 bits per heavy atom. The van der Waals surface area contributed by atoms with E-state index in [1.165, 1.54) is 0 Å². The highest BCUT2D eigenvalue weighted by Crippen LogP contribution is 2.21. The molecular weight excluding hydrogens is 288 g/mol. The van der Waals surface area contributed by atoms with E-state index in [4.69, 9.17) is 4.74 Å². The van der Waals surface area contributed by atoms with Gasteiger partial charge in [-0.2, -0.15) is 4.31 Å². The maximum absolute atomic E-state index is 12.8. The molecule has 2 rings (SSSR count). The monoisotopic (exact) mass is 312 g/mol. The van der Waals surface area contributed by atoms with Gasteiger partial charge in [0.2, 0.25) is 10.0 Å². The van der Waals surface area contributed by atoms with Crippen LogP contribution in [-0.4, -0.2) is 45.5 Å². The molecular formula is C15H24N2O3S. The molecule has 0 aromatic heterocycles. The summed E-state index contributed by atoms with van der Waals surface area (Å²) in [5.41, 5.74) is 0. The molecule has 0 bridgehead atoms. The molecule has 0 aliphatic carbocycles. The lowest BCUT2D eigenvalue weighted by molar-refractivity contribution is 0.369. The first-order valence-electron chi connectivity index (χ1n) is 7.45. The fourth-order valence-corrected chi connectivity index (χ4v) is 4.19. The highest BCUT2D eigenvalue weighted by molar-refractivity contribution is 7.89. The summed E-state index contributed by atoms with van der Waals surface area (Å²) in [7, 11) is -1.87. The van der Waals surface area contributed by atoms with E-state index in [1.54, 1.807) is 35.7 Å². The second-order valence-corrected chi connectivity index (χ2v) is 7.27. The predicted molar refractivity (Wildman–Crippen MR) is 83.1 cm³/mol. The number of nitrogens with zero attached hydrogens (tertiary/aromatic N) is 1. The van der Waals surface area contributed by atoms with Crippen LogP contribution >= 0.6 is 0 Å². The summed E-state index contributed by atoms with van der Waals surface area (Å²) in [6.07, 6.45) is 2.97. The van der Waals surface area contributed by atoms with Gasteiger partial charge in [-0.3, -0.25) is 0 Å². The van der Waals surface area contributed by atoms with Crippen LogP contribution in [0.2, 0.25) is 0 Å². The molecule has 1 aromatic carbocycles. The number of sulfonamides is 1. The van der Waals surface area contributed by atoms with Crippen molar-refractivity contribution in [2.45, 2.75) is 37.1 Å². The summed E-state index contributed by atoms with van der Waals surface area (Å²) in [6, 6.07) is 6.86. The number of nitrogens with one attached hydrogen (secondary N) is 1. The largest absolute Gasteiger partial charge is 0.497 e. The Morgan fingerprint density at radius 2 is 2.05 bits per heavy atom. The normalized spacial score (nSPS) is 19.1. The first-order chi connectivity index (χ1) is 10.1. The molecule has 1 heterocycles. The summed E-state index contributed by atoms with van der Waals surface area (Å²) in [5.74, 6) is 0.661. The Balaban J connectivity index is 2.18. The van der Waals surface area contributed by atoms with Gasteiger partial charge in [-0.15, -0.1) is 0 Å². The van der Waals surface area contributed by atoms with E-state index in [2.05, 4.69) is 5.32 Å². The van der Waals surface area contributed by atoms with Gasteiger partial charge >= 0.3 is 0 Å². The third-order valence-corrected chi connectivity index (χ3v) is 5.64. The van der Waals surface area contributed by atoms with E-state index >= 15 is 0 Å². The van der Waals surface area contributed by atoms with E-state index in [9.17, 15) is 8.42 Å². The van der Waals surface area contributed by atoms with Crippen LogP contribution in [0.1, 0.15) is 26.2 Å². The number of rotatable bonds is 7. The topological polar surface area (TPSA) is 58.6 Å². The molecule has 1 aliphatic heterocycles. The highest BCUT2D eigenvalue weighted by Gasteiger charge is 2.27. The summed E-state index contributed by atoms with van der Waals surface area (Å²) in [6.45, 7) is 4.07. The summed E-state index contributed by atoms with van der Waals surface area (Å²) >= 11 is 0. The first-order valence-corrected chi connectivity index (χ1v) is 8.89. The molecule has 1 N–H and O–H groups in total. The predicted octanol–water partition coefficient (Wildman–Crippen LogP) is 1.85. The van der Waals surface area contributed by atoms with Gasteiger partial charge in [-0.05, 0) is 50.1 Å². The summed E-state index contributed by atoms with van der Waals surface area (Å²) in [5, 5.41) is 3.36.